The zero-order chi connectivity index (χ0) is 13.1. The lowest BCUT2D eigenvalue weighted by Gasteiger charge is -2.07. The van der Waals surface area contributed by atoms with Crippen molar-refractivity contribution in [2.45, 2.75) is 15.2 Å². The molecular weight excluding hydrogens is 385 g/mol. The van der Waals surface area contributed by atoms with Gasteiger partial charge in [0, 0.05) is 15.8 Å². The Kier molecular flexibility index (Phi) is 5.53. The van der Waals surface area contributed by atoms with Crippen molar-refractivity contribution in [3.63, 3.8) is 0 Å². The Morgan fingerprint density at radius 1 is 1.29 bits per heavy atom. The summed E-state index contributed by atoms with van der Waals surface area (Å²) in [5.41, 5.74) is -3.92. The average Bonchev–Trinajstić information content (AvgIpc) is 2.26. The van der Waals surface area contributed by atoms with Crippen LogP contribution in [0.2, 0.25) is 0 Å². The van der Waals surface area contributed by atoms with Gasteiger partial charge in [-0.1, -0.05) is 44.0 Å². The Labute approximate surface area is 117 Å². The number of halogens is 5. The first-order valence-electron chi connectivity index (χ1n) is 4.43. The molecule has 1 atom stereocenters. The number of alkyl halides is 5. The lowest BCUT2D eigenvalue weighted by atomic mass is 10.1. The van der Waals surface area contributed by atoms with Gasteiger partial charge in [-0.25, -0.2) is 0 Å². The molecular formula is C10H7Br2F3OS. The minimum Gasteiger partial charge on any atom is -0.293 e. The van der Waals surface area contributed by atoms with Crippen molar-refractivity contribution < 1.29 is 18.0 Å². The fourth-order valence-electron chi connectivity index (χ4n) is 1.07. The van der Waals surface area contributed by atoms with E-state index in [9.17, 15) is 18.0 Å². The van der Waals surface area contributed by atoms with Gasteiger partial charge in [0.1, 0.15) is 0 Å². The Hall–Kier alpha value is -0.0100. The molecule has 0 fully saturated rings. The molecule has 17 heavy (non-hydrogen) atoms. The Morgan fingerprint density at radius 3 is 2.24 bits per heavy atom. The van der Waals surface area contributed by atoms with E-state index in [1.54, 1.807) is 0 Å². The highest BCUT2D eigenvalue weighted by Crippen LogP contribution is 2.36. The summed E-state index contributed by atoms with van der Waals surface area (Å²) in [4.78, 5) is 11.4. The molecule has 0 spiro atoms. The first-order chi connectivity index (χ1) is 7.83. The second-order valence-corrected chi connectivity index (χ2v) is 5.95. The van der Waals surface area contributed by atoms with E-state index >= 15 is 0 Å². The predicted octanol–water partition coefficient (Wildman–Crippen LogP) is 4.64. The van der Waals surface area contributed by atoms with Crippen molar-refractivity contribution in [1.29, 1.82) is 0 Å². The van der Waals surface area contributed by atoms with Gasteiger partial charge in [-0.2, -0.15) is 13.2 Å². The topological polar surface area (TPSA) is 17.1 Å². The fraction of sp³-hybridized carbons (Fsp3) is 0.300. The van der Waals surface area contributed by atoms with Gasteiger partial charge in [0.15, 0.2) is 5.78 Å². The summed E-state index contributed by atoms with van der Waals surface area (Å²) < 4.78 is 36.2. The first-order valence-corrected chi connectivity index (χ1v) is 7.29. The molecule has 1 aromatic rings. The van der Waals surface area contributed by atoms with E-state index in [0.29, 0.717) is 10.9 Å². The molecule has 1 aromatic carbocycles. The van der Waals surface area contributed by atoms with Crippen LogP contribution in [0.5, 0.6) is 0 Å². The summed E-state index contributed by atoms with van der Waals surface area (Å²) in [6.07, 6.45) is 0. The summed E-state index contributed by atoms with van der Waals surface area (Å²) in [7, 11) is 0. The van der Waals surface area contributed by atoms with E-state index in [1.165, 1.54) is 24.3 Å². The summed E-state index contributed by atoms with van der Waals surface area (Å²) in [5.74, 6) is -0.162. The number of hydrogen-bond donors (Lipinski definition) is 0. The number of thioether (sulfide) groups is 1. The van der Waals surface area contributed by atoms with E-state index in [0.717, 1.165) is 0 Å². The molecule has 0 saturated heterocycles. The molecule has 0 heterocycles. The van der Waals surface area contributed by atoms with Crippen LogP contribution in [0.15, 0.2) is 29.2 Å². The molecule has 1 nitrogen and oxygen atoms in total. The minimum absolute atomic E-state index is 0.0685. The number of hydrogen-bond acceptors (Lipinski definition) is 2. The second-order valence-electron chi connectivity index (χ2n) is 3.06. The molecule has 0 radical (unpaired) electrons. The number of carbonyl (C=O) groups excluding carboxylic acids is 1. The smallest absolute Gasteiger partial charge is 0.293 e. The monoisotopic (exact) mass is 390 g/mol. The Morgan fingerprint density at radius 2 is 1.82 bits per heavy atom. The van der Waals surface area contributed by atoms with Gasteiger partial charge in [-0.05, 0) is 23.9 Å². The fourth-order valence-corrected chi connectivity index (χ4v) is 2.17. The van der Waals surface area contributed by atoms with Gasteiger partial charge in [0.2, 0.25) is 0 Å². The predicted molar refractivity (Wildman–Crippen MR) is 69.2 cm³/mol. The van der Waals surface area contributed by atoms with Gasteiger partial charge in [-0.15, -0.1) is 0 Å². The third-order valence-electron chi connectivity index (χ3n) is 1.79. The van der Waals surface area contributed by atoms with Crippen molar-refractivity contribution in [2.75, 3.05) is 5.33 Å². The van der Waals surface area contributed by atoms with E-state index in [2.05, 4.69) is 31.9 Å². The minimum atomic E-state index is -4.31. The third kappa shape index (κ3) is 5.01. The van der Waals surface area contributed by atoms with Crippen LogP contribution in [0, 0.1) is 0 Å². The van der Waals surface area contributed by atoms with Crippen LogP contribution in [0.3, 0.4) is 0 Å². The van der Waals surface area contributed by atoms with Crippen molar-refractivity contribution in [1.82, 2.24) is 0 Å². The third-order valence-corrected chi connectivity index (χ3v) is 4.79. The molecule has 7 heteroatoms. The highest BCUT2D eigenvalue weighted by Gasteiger charge is 2.29. The quantitative estimate of drug-likeness (QED) is 0.422. The number of carbonyl (C=O) groups is 1. The van der Waals surface area contributed by atoms with Crippen molar-refractivity contribution in [2.24, 2.45) is 0 Å². The average molecular weight is 392 g/mol. The lowest BCUT2D eigenvalue weighted by Crippen LogP contribution is -2.15. The standard InChI is InChI=1S/C10H7Br2F3OS/c11-5-8(12)9(16)6-1-3-7(4-2-6)17-10(13,14)15/h1-4,8H,5H2. The lowest BCUT2D eigenvalue weighted by molar-refractivity contribution is -0.0328. The SMILES string of the molecule is O=C(c1ccc(SC(F)(F)F)cc1)C(Br)CBr. The Balaban J connectivity index is 2.78. The second kappa shape index (κ2) is 6.24. The molecule has 0 aliphatic heterocycles. The summed E-state index contributed by atoms with van der Waals surface area (Å²) >= 11 is 6.11. The molecule has 0 aliphatic carbocycles. The van der Waals surface area contributed by atoms with E-state index in [-0.39, 0.29) is 27.3 Å². The summed E-state index contributed by atoms with van der Waals surface area (Å²) in [6.45, 7) is 0. The molecule has 0 N–H and O–H groups in total. The maximum atomic E-state index is 12.1. The first kappa shape index (κ1) is 15.0. The highest BCUT2D eigenvalue weighted by molar-refractivity contribution is 9.12. The van der Waals surface area contributed by atoms with Crippen molar-refractivity contribution >= 4 is 49.4 Å². The zero-order valence-corrected chi connectivity index (χ0v) is 12.3. The van der Waals surface area contributed by atoms with E-state index in [1.807, 2.05) is 0 Å². The van der Waals surface area contributed by atoms with E-state index in [4.69, 9.17) is 0 Å². The molecule has 1 unspecified atom stereocenters. The summed E-state index contributed by atoms with van der Waals surface area (Å²) in [6, 6.07) is 5.37. The zero-order valence-electron chi connectivity index (χ0n) is 8.30. The van der Waals surface area contributed by atoms with Crippen LogP contribution in [-0.4, -0.2) is 21.4 Å². The number of Topliss-reactive ketones (excluding diaryl/α,β-unsaturated/α-hetero) is 1. The van der Waals surface area contributed by atoms with Crippen LogP contribution in [0.4, 0.5) is 13.2 Å². The van der Waals surface area contributed by atoms with Crippen molar-refractivity contribution in [3.05, 3.63) is 29.8 Å². The van der Waals surface area contributed by atoms with Gasteiger partial charge in [0.05, 0.1) is 4.83 Å². The van der Waals surface area contributed by atoms with Crippen LogP contribution < -0.4 is 0 Å². The van der Waals surface area contributed by atoms with Crippen LogP contribution >= 0.6 is 43.6 Å². The molecule has 1 rings (SSSR count). The van der Waals surface area contributed by atoms with Gasteiger partial charge in [-0.3, -0.25) is 4.79 Å². The van der Waals surface area contributed by atoms with Gasteiger partial charge in [0.25, 0.3) is 0 Å². The van der Waals surface area contributed by atoms with Crippen LogP contribution in [0.25, 0.3) is 0 Å². The molecule has 0 aromatic heterocycles. The van der Waals surface area contributed by atoms with Gasteiger partial charge >= 0.3 is 5.51 Å². The van der Waals surface area contributed by atoms with Crippen LogP contribution in [0.1, 0.15) is 10.4 Å². The van der Waals surface area contributed by atoms with Crippen LogP contribution in [-0.2, 0) is 0 Å². The molecule has 0 saturated carbocycles. The number of ketones is 1. The van der Waals surface area contributed by atoms with Crippen molar-refractivity contribution in [3.8, 4) is 0 Å². The maximum Gasteiger partial charge on any atom is 0.446 e. The van der Waals surface area contributed by atoms with E-state index < -0.39 is 5.51 Å². The largest absolute Gasteiger partial charge is 0.446 e. The molecule has 0 bridgehead atoms. The molecule has 0 aliphatic rings. The summed E-state index contributed by atoms with van der Waals surface area (Å²) in [5, 5.41) is 0.449. The number of rotatable bonds is 4. The maximum absolute atomic E-state index is 12.1. The Bertz CT molecular complexity index is 392. The highest BCUT2D eigenvalue weighted by atomic mass is 79.9. The van der Waals surface area contributed by atoms with Gasteiger partial charge < -0.3 is 0 Å². The normalized spacial score (nSPS) is 13.5. The molecule has 0 amide bonds. The number of benzene rings is 1. The molecule has 94 valence electrons.